The fraction of sp³-hybridized carbons (Fsp3) is 0.333. The highest BCUT2D eigenvalue weighted by molar-refractivity contribution is 5.78. The van der Waals surface area contributed by atoms with Crippen LogP contribution in [0.15, 0.2) is 30.3 Å². The van der Waals surface area contributed by atoms with Gasteiger partial charge in [-0.2, -0.15) is 0 Å². The number of hydrogen-bond donors (Lipinski definition) is 4. The van der Waals surface area contributed by atoms with Crippen LogP contribution in [0.2, 0.25) is 0 Å². The van der Waals surface area contributed by atoms with Gasteiger partial charge in [0.15, 0.2) is 6.10 Å². The van der Waals surface area contributed by atoms with Crippen molar-refractivity contribution in [2.75, 3.05) is 6.54 Å². The minimum absolute atomic E-state index is 0.0380. The zero-order valence-electron chi connectivity index (χ0n) is 9.74. The van der Waals surface area contributed by atoms with Crippen LogP contribution in [-0.4, -0.2) is 34.7 Å². The Balaban J connectivity index is 2.39. The van der Waals surface area contributed by atoms with Gasteiger partial charge in [-0.1, -0.05) is 30.3 Å². The smallest absolute Gasteiger partial charge is 0.334 e. The lowest BCUT2D eigenvalue weighted by atomic mass is 10.0. The van der Waals surface area contributed by atoms with Crippen molar-refractivity contribution in [2.45, 2.75) is 18.6 Å². The fourth-order valence-corrected chi connectivity index (χ4v) is 1.39. The number of aliphatic carboxylic acids is 1. The van der Waals surface area contributed by atoms with Crippen LogP contribution in [0.5, 0.6) is 0 Å². The molecule has 1 amide bonds. The maximum atomic E-state index is 11.5. The Morgan fingerprint density at radius 2 is 1.89 bits per heavy atom. The molecule has 1 aromatic rings. The molecular weight excluding hydrogens is 236 g/mol. The average molecular weight is 252 g/mol. The van der Waals surface area contributed by atoms with Crippen molar-refractivity contribution in [3.63, 3.8) is 0 Å². The van der Waals surface area contributed by atoms with Gasteiger partial charge in [0.1, 0.15) is 0 Å². The maximum absolute atomic E-state index is 11.5. The molecule has 6 nitrogen and oxygen atoms in total. The maximum Gasteiger partial charge on any atom is 0.334 e. The first kappa shape index (κ1) is 14.1. The number of hydrogen-bond acceptors (Lipinski definition) is 4. The Morgan fingerprint density at radius 3 is 2.44 bits per heavy atom. The molecule has 0 saturated heterocycles. The SMILES string of the molecule is NC(CC(=O)NCC(O)C(=O)O)c1ccccc1. The standard InChI is InChI=1S/C12H16N2O4/c13-9(8-4-2-1-3-5-8)6-11(16)14-7-10(15)12(17)18/h1-5,9-10,15H,6-7,13H2,(H,14,16)(H,17,18). The number of benzene rings is 1. The third kappa shape index (κ3) is 4.52. The number of amides is 1. The fourth-order valence-electron chi connectivity index (χ4n) is 1.39. The predicted octanol–water partition coefficient (Wildman–Crippen LogP) is -0.362. The quantitative estimate of drug-likeness (QED) is 0.552. The lowest BCUT2D eigenvalue weighted by molar-refractivity contribution is -0.146. The van der Waals surface area contributed by atoms with E-state index in [0.29, 0.717) is 0 Å². The number of aliphatic hydroxyl groups excluding tert-OH is 1. The van der Waals surface area contributed by atoms with Gasteiger partial charge in [0.25, 0.3) is 0 Å². The Bertz CT molecular complexity index is 408. The number of nitrogens with one attached hydrogen (secondary N) is 1. The van der Waals surface area contributed by atoms with Crippen LogP contribution in [0.4, 0.5) is 0 Å². The summed E-state index contributed by atoms with van der Waals surface area (Å²) in [6, 6.07) is 8.66. The number of rotatable bonds is 6. The van der Waals surface area contributed by atoms with Crippen LogP contribution in [0.25, 0.3) is 0 Å². The van der Waals surface area contributed by atoms with E-state index in [1.807, 2.05) is 30.3 Å². The molecule has 2 unspecified atom stereocenters. The Morgan fingerprint density at radius 1 is 1.28 bits per heavy atom. The molecule has 98 valence electrons. The van der Waals surface area contributed by atoms with Gasteiger partial charge in [-0.15, -0.1) is 0 Å². The molecule has 5 N–H and O–H groups in total. The van der Waals surface area contributed by atoms with Gasteiger partial charge >= 0.3 is 5.97 Å². The van der Waals surface area contributed by atoms with Gasteiger partial charge in [0.2, 0.25) is 5.91 Å². The summed E-state index contributed by atoms with van der Waals surface area (Å²) < 4.78 is 0. The minimum atomic E-state index is -1.60. The highest BCUT2D eigenvalue weighted by atomic mass is 16.4. The summed E-state index contributed by atoms with van der Waals surface area (Å²) >= 11 is 0. The number of aliphatic hydroxyl groups is 1. The minimum Gasteiger partial charge on any atom is -0.479 e. The lowest BCUT2D eigenvalue weighted by Gasteiger charge is -2.12. The van der Waals surface area contributed by atoms with Gasteiger partial charge < -0.3 is 21.3 Å². The lowest BCUT2D eigenvalue weighted by Crippen LogP contribution is -2.37. The van der Waals surface area contributed by atoms with E-state index in [1.54, 1.807) is 0 Å². The van der Waals surface area contributed by atoms with E-state index < -0.39 is 24.0 Å². The van der Waals surface area contributed by atoms with Gasteiger partial charge in [0.05, 0.1) is 6.54 Å². The molecule has 0 aliphatic heterocycles. The van der Waals surface area contributed by atoms with Crippen molar-refractivity contribution in [2.24, 2.45) is 5.73 Å². The molecule has 0 aliphatic carbocycles. The second kappa shape index (κ2) is 6.73. The molecule has 2 atom stereocenters. The molecular formula is C12H16N2O4. The van der Waals surface area contributed by atoms with Gasteiger partial charge in [-0.05, 0) is 5.56 Å². The third-order valence-electron chi connectivity index (χ3n) is 2.41. The average Bonchev–Trinajstić information content (AvgIpc) is 2.36. The monoisotopic (exact) mass is 252 g/mol. The Hall–Kier alpha value is -1.92. The second-order valence-corrected chi connectivity index (χ2v) is 3.88. The second-order valence-electron chi connectivity index (χ2n) is 3.88. The summed E-state index contributed by atoms with van der Waals surface area (Å²) in [4.78, 5) is 21.8. The summed E-state index contributed by atoms with van der Waals surface area (Å²) in [5, 5.41) is 19.7. The third-order valence-corrected chi connectivity index (χ3v) is 2.41. The predicted molar refractivity (Wildman–Crippen MR) is 64.6 cm³/mol. The van der Waals surface area contributed by atoms with Crippen molar-refractivity contribution < 1.29 is 19.8 Å². The van der Waals surface area contributed by atoms with E-state index >= 15 is 0 Å². The van der Waals surface area contributed by atoms with Crippen molar-refractivity contribution in [1.82, 2.24) is 5.32 Å². The van der Waals surface area contributed by atoms with Crippen molar-refractivity contribution in [3.8, 4) is 0 Å². The molecule has 0 aromatic heterocycles. The molecule has 0 bridgehead atoms. The summed E-state index contributed by atoms with van der Waals surface area (Å²) in [6.07, 6.45) is -1.56. The molecule has 0 heterocycles. The van der Waals surface area contributed by atoms with E-state index in [4.69, 9.17) is 15.9 Å². The zero-order chi connectivity index (χ0) is 13.5. The molecule has 1 rings (SSSR count). The summed E-state index contributed by atoms with van der Waals surface area (Å²) in [7, 11) is 0. The van der Waals surface area contributed by atoms with Crippen molar-refractivity contribution >= 4 is 11.9 Å². The molecule has 0 aliphatic rings. The molecule has 0 radical (unpaired) electrons. The van der Waals surface area contributed by atoms with Gasteiger partial charge in [-0.3, -0.25) is 4.79 Å². The van der Waals surface area contributed by atoms with Crippen molar-refractivity contribution in [3.05, 3.63) is 35.9 Å². The number of carbonyl (C=O) groups is 2. The highest BCUT2D eigenvalue weighted by Crippen LogP contribution is 2.12. The topological polar surface area (TPSA) is 113 Å². The zero-order valence-corrected chi connectivity index (χ0v) is 9.74. The van der Waals surface area contributed by atoms with Crippen LogP contribution in [0.3, 0.4) is 0 Å². The van der Waals surface area contributed by atoms with E-state index in [9.17, 15) is 9.59 Å². The molecule has 0 fully saturated rings. The molecule has 0 saturated carbocycles. The number of nitrogens with two attached hydrogens (primary N) is 1. The van der Waals surface area contributed by atoms with E-state index in [-0.39, 0.29) is 13.0 Å². The van der Waals surface area contributed by atoms with Crippen LogP contribution in [0.1, 0.15) is 18.0 Å². The van der Waals surface area contributed by atoms with Crippen LogP contribution in [0, 0.1) is 0 Å². The molecule has 18 heavy (non-hydrogen) atoms. The van der Waals surface area contributed by atoms with Crippen LogP contribution in [-0.2, 0) is 9.59 Å². The largest absolute Gasteiger partial charge is 0.479 e. The molecule has 6 heteroatoms. The molecule has 0 spiro atoms. The van der Waals surface area contributed by atoms with Gasteiger partial charge in [-0.25, -0.2) is 4.79 Å². The summed E-state index contributed by atoms with van der Waals surface area (Å²) in [5.74, 6) is -1.77. The first-order valence-corrected chi connectivity index (χ1v) is 5.49. The first-order chi connectivity index (χ1) is 8.50. The van der Waals surface area contributed by atoms with Crippen molar-refractivity contribution in [1.29, 1.82) is 0 Å². The van der Waals surface area contributed by atoms with E-state index in [1.165, 1.54) is 0 Å². The van der Waals surface area contributed by atoms with E-state index in [0.717, 1.165) is 5.56 Å². The van der Waals surface area contributed by atoms with Crippen LogP contribution >= 0.6 is 0 Å². The Kier molecular flexibility index (Phi) is 5.29. The normalized spacial score (nSPS) is 13.7. The number of carboxylic acids is 1. The summed E-state index contributed by atoms with van der Waals surface area (Å²) in [5.41, 5.74) is 6.65. The Labute approximate surface area is 104 Å². The van der Waals surface area contributed by atoms with E-state index in [2.05, 4.69) is 5.32 Å². The van der Waals surface area contributed by atoms with Crippen LogP contribution < -0.4 is 11.1 Å². The molecule has 1 aromatic carbocycles. The van der Waals surface area contributed by atoms with Gasteiger partial charge in [0, 0.05) is 12.5 Å². The number of carbonyl (C=O) groups excluding carboxylic acids is 1. The first-order valence-electron chi connectivity index (χ1n) is 5.49. The highest BCUT2D eigenvalue weighted by Gasteiger charge is 2.16. The number of carboxylic acid groups (broad SMARTS) is 1. The summed E-state index contributed by atoms with van der Waals surface area (Å²) in [6.45, 7) is -0.324.